The largest absolute Gasteiger partial charge is 0.344 e. The molecule has 1 N–H and O–H groups in total. The van der Waals surface area contributed by atoms with Gasteiger partial charge < -0.3 is 4.90 Å². The topological polar surface area (TPSA) is 60.6 Å². The van der Waals surface area contributed by atoms with Crippen LogP contribution in [0.25, 0.3) is 32.7 Å². The van der Waals surface area contributed by atoms with Crippen molar-refractivity contribution in [3.05, 3.63) is 154 Å². The number of anilines is 1. The second-order valence-electron chi connectivity index (χ2n) is 16.7. The minimum absolute atomic E-state index is 0.217. The van der Waals surface area contributed by atoms with Crippen molar-refractivity contribution in [3.63, 3.8) is 0 Å². The third-order valence-electron chi connectivity index (χ3n) is 12.3. The molecule has 8 rings (SSSR count). The summed E-state index contributed by atoms with van der Waals surface area (Å²) < 4.78 is 35.1. The number of hydrogen-bond donors (Lipinski definition) is 1. The number of fused-ring (bicyclic) bond motifs is 7. The maximum atomic E-state index is 11.6. The Bertz CT molecular complexity index is 2700. The first-order valence-corrected chi connectivity index (χ1v) is 22.3. The summed E-state index contributed by atoms with van der Waals surface area (Å²) in [5, 5.41) is 5.69. The summed E-state index contributed by atoms with van der Waals surface area (Å²) >= 11 is 7.49. The molecule has 0 spiro atoms. The van der Waals surface area contributed by atoms with Crippen LogP contribution in [0.3, 0.4) is 0 Å². The van der Waals surface area contributed by atoms with Crippen molar-refractivity contribution in [2.75, 3.05) is 23.7 Å². The monoisotopic (exact) mass is 795 g/mol. The Kier molecular flexibility index (Phi) is 10.4. The average Bonchev–Trinajstić information content (AvgIpc) is 3.68. The first-order valence-electron chi connectivity index (χ1n) is 20.4. The van der Waals surface area contributed by atoms with Gasteiger partial charge in [-0.25, -0.2) is 0 Å². The highest BCUT2D eigenvalue weighted by Crippen LogP contribution is 2.52. The van der Waals surface area contributed by atoms with E-state index in [0.29, 0.717) is 19.4 Å². The zero-order valence-electron chi connectivity index (χ0n) is 33.6. The van der Waals surface area contributed by atoms with E-state index in [1.54, 1.807) is 0 Å². The predicted molar refractivity (Wildman–Crippen MR) is 241 cm³/mol. The molecule has 0 atom stereocenters. The summed E-state index contributed by atoms with van der Waals surface area (Å²) in [5.41, 5.74) is 11.1. The SMILES string of the molecule is CCCCC[N+]1=C(/C=C/C2=C(Cl)C(=C/C=C3/N(CCCCS(=O)(=O)O)c4ccc5ccccc5c4C3(C)C)/c3ccccc32)C(C)(C)c2c1ccc1ccccc21. The van der Waals surface area contributed by atoms with Gasteiger partial charge in [-0.05, 0) is 95.6 Å². The van der Waals surface area contributed by atoms with Crippen LogP contribution in [0.2, 0.25) is 0 Å². The van der Waals surface area contributed by atoms with Gasteiger partial charge in [0, 0.05) is 58.6 Å². The predicted octanol–water partition coefficient (Wildman–Crippen LogP) is 12.5. The molecule has 0 radical (unpaired) electrons. The van der Waals surface area contributed by atoms with E-state index in [0.717, 1.165) is 51.7 Å². The summed E-state index contributed by atoms with van der Waals surface area (Å²) in [4.78, 5) is 2.33. The van der Waals surface area contributed by atoms with E-state index in [1.807, 2.05) is 0 Å². The number of benzene rings is 5. The van der Waals surface area contributed by atoms with Gasteiger partial charge in [0.25, 0.3) is 10.1 Å². The van der Waals surface area contributed by atoms with Gasteiger partial charge in [-0.2, -0.15) is 13.0 Å². The van der Waals surface area contributed by atoms with E-state index < -0.39 is 10.1 Å². The molecule has 0 saturated carbocycles. The molecule has 0 amide bonds. The molecular weight excluding hydrogens is 744 g/mol. The van der Waals surface area contributed by atoms with Crippen LogP contribution in [0.15, 0.2) is 132 Å². The summed E-state index contributed by atoms with van der Waals surface area (Å²) in [7, 11) is -4.03. The second kappa shape index (κ2) is 15.2. The Morgan fingerprint density at radius 2 is 1.37 bits per heavy atom. The molecule has 3 aliphatic rings. The molecule has 5 aromatic carbocycles. The molecule has 5 aromatic rings. The summed E-state index contributed by atoms with van der Waals surface area (Å²) in [6, 6.07) is 34.6. The lowest BCUT2D eigenvalue weighted by molar-refractivity contribution is -0.438. The Morgan fingerprint density at radius 1 is 0.719 bits per heavy atom. The molecule has 0 saturated heterocycles. The molecule has 7 heteroatoms. The number of hydrogen-bond acceptors (Lipinski definition) is 3. The van der Waals surface area contributed by atoms with E-state index in [9.17, 15) is 13.0 Å². The van der Waals surface area contributed by atoms with Crippen LogP contribution in [0.1, 0.15) is 89.0 Å². The molecule has 0 fully saturated rings. The molecule has 2 aliphatic heterocycles. The Balaban J connectivity index is 1.21. The molecular formula is C50H52ClN2O3S+. The molecule has 0 aromatic heterocycles. The molecule has 57 heavy (non-hydrogen) atoms. The average molecular weight is 796 g/mol. The van der Waals surface area contributed by atoms with Crippen LogP contribution in [0, 0.1) is 0 Å². The minimum atomic E-state index is -4.03. The Morgan fingerprint density at radius 3 is 2.07 bits per heavy atom. The summed E-state index contributed by atoms with van der Waals surface area (Å²) in [6.07, 6.45) is 13.4. The van der Waals surface area contributed by atoms with Crippen molar-refractivity contribution in [1.82, 2.24) is 0 Å². The quantitative estimate of drug-likeness (QED) is 0.0776. The normalized spacial score (nSPS) is 18.5. The number of nitrogens with zero attached hydrogens (tertiary/aromatic N) is 2. The van der Waals surface area contributed by atoms with Crippen LogP contribution in [0.4, 0.5) is 11.4 Å². The standard InChI is InChI=1S/C50H51ClN2O3S/c1-6-7-14-31-52-42-27-23-34-17-8-10-19-36(34)46(42)49(2,3)44(52)29-25-40-38-21-12-13-22-39(38)41(48(40)51)26-30-45-50(4,5)47-37-20-11-9-18-35(37)24-28-43(47)53(45)32-15-16-33-57(54,55)56/h8-13,17-30H,6-7,14-16,31-33H2,1-5H3/p+1. The summed E-state index contributed by atoms with van der Waals surface area (Å²) in [5.74, 6) is -0.249. The number of unbranched alkanes of at least 4 members (excludes halogenated alkanes) is 3. The smallest absolute Gasteiger partial charge is 0.264 e. The van der Waals surface area contributed by atoms with Crippen molar-refractivity contribution in [3.8, 4) is 0 Å². The van der Waals surface area contributed by atoms with Crippen LogP contribution < -0.4 is 4.90 Å². The van der Waals surface area contributed by atoms with Crippen molar-refractivity contribution in [2.45, 2.75) is 77.6 Å². The van der Waals surface area contributed by atoms with Crippen LogP contribution in [0.5, 0.6) is 0 Å². The van der Waals surface area contributed by atoms with E-state index in [2.05, 4.69) is 165 Å². The highest BCUT2D eigenvalue weighted by molar-refractivity contribution is 7.85. The lowest BCUT2D eigenvalue weighted by Gasteiger charge is -2.27. The van der Waals surface area contributed by atoms with Crippen molar-refractivity contribution >= 4 is 71.5 Å². The molecule has 0 unspecified atom stereocenters. The Labute approximate surface area is 343 Å². The molecule has 5 nitrogen and oxygen atoms in total. The minimum Gasteiger partial charge on any atom is -0.344 e. The lowest BCUT2D eigenvalue weighted by Crippen LogP contribution is -2.28. The van der Waals surface area contributed by atoms with E-state index in [-0.39, 0.29) is 16.6 Å². The Hall–Kier alpha value is -4.75. The van der Waals surface area contributed by atoms with Gasteiger partial charge in [-0.1, -0.05) is 124 Å². The second-order valence-corrected chi connectivity index (χ2v) is 18.7. The third-order valence-corrected chi connectivity index (χ3v) is 13.5. The van der Waals surface area contributed by atoms with E-state index in [4.69, 9.17) is 11.6 Å². The maximum absolute atomic E-state index is 11.6. The fraction of sp³-hybridized carbons (Fsp3) is 0.300. The number of allylic oxidation sites excluding steroid dienone is 8. The van der Waals surface area contributed by atoms with Gasteiger partial charge in [0.05, 0.1) is 16.2 Å². The van der Waals surface area contributed by atoms with Gasteiger partial charge in [0.1, 0.15) is 6.54 Å². The highest BCUT2D eigenvalue weighted by Gasteiger charge is 2.46. The third kappa shape index (κ3) is 7.00. The van der Waals surface area contributed by atoms with Gasteiger partial charge in [-0.3, -0.25) is 4.55 Å². The number of halogens is 1. The van der Waals surface area contributed by atoms with Gasteiger partial charge in [0.15, 0.2) is 5.71 Å². The maximum Gasteiger partial charge on any atom is 0.264 e. The van der Waals surface area contributed by atoms with E-state index in [1.165, 1.54) is 56.9 Å². The number of rotatable bonds is 12. The van der Waals surface area contributed by atoms with Gasteiger partial charge in [-0.15, -0.1) is 0 Å². The van der Waals surface area contributed by atoms with Gasteiger partial charge >= 0.3 is 0 Å². The fourth-order valence-electron chi connectivity index (χ4n) is 9.61. The van der Waals surface area contributed by atoms with E-state index >= 15 is 0 Å². The molecule has 1 aliphatic carbocycles. The lowest BCUT2D eigenvalue weighted by atomic mass is 9.79. The van der Waals surface area contributed by atoms with Crippen LogP contribution >= 0.6 is 11.6 Å². The zero-order chi connectivity index (χ0) is 40.1. The van der Waals surface area contributed by atoms with Crippen molar-refractivity contribution in [1.29, 1.82) is 0 Å². The molecule has 0 bridgehead atoms. The zero-order valence-corrected chi connectivity index (χ0v) is 35.2. The summed E-state index contributed by atoms with van der Waals surface area (Å²) in [6.45, 7) is 13.1. The molecule has 2 heterocycles. The highest BCUT2D eigenvalue weighted by atomic mass is 35.5. The first-order chi connectivity index (χ1) is 27.3. The van der Waals surface area contributed by atoms with Gasteiger partial charge in [0.2, 0.25) is 5.69 Å². The van der Waals surface area contributed by atoms with Crippen molar-refractivity contribution in [2.24, 2.45) is 0 Å². The molecule has 292 valence electrons. The van der Waals surface area contributed by atoms with Crippen LogP contribution in [-0.2, 0) is 20.9 Å². The van der Waals surface area contributed by atoms with Crippen LogP contribution in [-0.4, -0.2) is 42.1 Å². The fourth-order valence-corrected chi connectivity index (χ4v) is 10.5. The first kappa shape index (κ1) is 39.1. The van der Waals surface area contributed by atoms with Crippen molar-refractivity contribution < 1.29 is 17.5 Å².